The highest BCUT2D eigenvalue weighted by atomic mass is 35.5. The maximum absolute atomic E-state index is 12.6. The van der Waals surface area contributed by atoms with Crippen molar-refractivity contribution in [3.63, 3.8) is 0 Å². The molecular weight excluding hydrogens is 294 g/mol. The van der Waals surface area contributed by atoms with E-state index in [0.717, 1.165) is 27.0 Å². The lowest BCUT2D eigenvalue weighted by Gasteiger charge is -2.07. The quantitative estimate of drug-likeness (QED) is 0.683. The molecule has 0 amide bonds. The maximum Gasteiger partial charge on any atom is 0.271 e. The summed E-state index contributed by atoms with van der Waals surface area (Å²) >= 11 is 7.17. The van der Waals surface area contributed by atoms with Crippen molar-refractivity contribution in [3.05, 3.63) is 33.5 Å². The second-order valence-electron chi connectivity index (χ2n) is 4.85. The first-order valence-corrected chi connectivity index (χ1v) is 7.72. The van der Waals surface area contributed by atoms with E-state index in [-0.39, 0.29) is 5.56 Å². The van der Waals surface area contributed by atoms with Gasteiger partial charge in [-0.25, -0.2) is 9.97 Å². The van der Waals surface area contributed by atoms with E-state index in [9.17, 15) is 4.79 Å². The summed E-state index contributed by atoms with van der Waals surface area (Å²) in [6, 6.07) is 2.02. The minimum Gasteiger partial charge on any atom is -0.294 e. The van der Waals surface area contributed by atoms with Crippen LogP contribution in [0.1, 0.15) is 17.1 Å². The van der Waals surface area contributed by atoms with E-state index in [1.165, 1.54) is 11.3 Å². The van der Waals surface area contributed by atoms with Crippen molar-refractivity contribution in [1.82, 2.24) is 14.5 Å². The molecule has 0 spiro atoms. The van der Waals surface area contributed by atoms with Gasteiger partial charge >= 0.3 is 0 Å². The fourth-order valence-electron chi connectivity index (χ4n) is 2.51. The zero-order valence-electron chi connectivity index (χ0n) is 11.5. The Kier molecular flexibility index (Phi) is 3.26. The zero-order chi connectivity index (χ0) is 14.4. The van der Waals surface area contributed by atoms with Crippen LogP contribution in [-0.2, 0) is 6.54 Å². The number of thiophene rings is 1. The van der Waals surface area contributed by atoms with Gasteiger partial charge in [0, 0.05) is 23.5 Å². The highest BCUT2D eigenvalue weighted by molar-refractivity contribution is 7.25. The Labute approximate surface area is 125 Å². The van der Waals surface area contributed by atoms with Crippen LogP contribution in [0.25, 0.3) is 20.4 Å². The molecule has 3 aromatic heterocycles. The van der Waals surface area contributed by atoms with Crippen LogP contribution < -0.4 is 5.56 Å². The van der Waals surface area contributed by atoms with Crippen LogP contribution in [0, 0.1) is 20.8 Å². The van der Waals surface area contributed by atoms with Crippen molar-refractivity contribution in [3.8, 4) is 0 Å². The molecule has 0 aliphatic rings. The molecule has 0 radical (unpaired) electrons. The third kappa shape index (κ3) is 1.93. The van der Waals surface area contributed by atoms with Crippen LogP contribution in [0.2, 0.25) is 0 Å². The summed E-state index contributed by atoms with van der Waals surface area (Å²) in [5.41, 5.74) is 2.82. The van der Waals surface area contributed by atoms with Crippen molar-refractivity contribution in [2.24, 2.45) is 0 Å². The van der Waals surface area contributed by atoms with Crippen LogP contribution in [0.5, 0.6) is 0 Å². The molecule has 0 aliphatic heterocycles. The van der Waals surface area contributed by atoms with Crippen LogP contribution in [0.15, 0.2) is 10.9 Å². The van der Waals surface area contributed by atoms with E-state index >= 15 is 0 Å². The average Bonchev–Trinajstić information content (AvgIpc) is 2.73. The topological polar surface area (TPSA) is 47.8 Å². The molecule has 104 valence electrons. The number of aryl methyl sites for hydroxylation is 3. The van der Waals surface area contributed by atoms with Crippen molar-refractivity contribution in [2.75, 3.05) is 5.88 Å². The van der Waals surface area contributed by atoms with Gasteiger partial charge in [-0.3, -0.25) is 9.36 Å². The summed E-state index contributed by atoms with van der Waals surface area (Å²) in [6.07, 6.45) is 0. The summed E-state index contributed by atoms with van der Waals surface area (Å²) in [5.74, 6) is 1.10. The Balaban J connectivity index is 2.49. The number of fused-ring (bicyclic) bond motifs is 3. The van der Waals surface area contributed by atoms with Gasteiger partial charge in [-0.1, -0.05) is 0 Å². The fraction of sp³-hybridized carbons (Fsp3) is 0.357. The Morgan fingerprint density at radius 3 is 2.75 bits per heavy atom. The maximum atomic E-state index is 12.6. The van der Waals surface area contributed by atoms with Crippen LogP contribution >= 0.6 is 22.9 Å². The van der Waals surface area contributed by atoms with E-state index in [2.05, 4.69) is 9.97 Å². The molecule has 3 heterocycles. The minimum absolute atomic E-state index is 0.0202. The van der Waals surface area contributed by atoms with Gasteiger partial charge in [-0.05, 0) is 32.4 Å². The standard InChI is InChI=1S/C14H14ClN3OS/c1-7-6-8(2)16-13-10(7)11-12(20-13)14(19)18(5-4-15)9(3)17-11/h6H,4-5H2,1-3H3. The fourth-order valence-corrected chi connectivity index (χ4v) is 3.87. The monoisotopic (exact) mass is 307 g/mol. The van der Waals surface area contributed by atoms with Crippen LogP contribution in [0.3, 0.4) is 0 Å². The summed E-state index contributed by atoms with van der Waals surface area (Å²) < 4.78 is 2.30. The van der Waals surface area contributed by atoms with Crippen molar-refractivity contribution < 1.29 is 0 Å². The lowest BCUT2D eigenvalue weighted by Crippen LogP contribution is -2.23. The molecule has 0 fully saturated rings. The number of pyridine rings is 1. The molecule has 20 heavy (non-hydrogen) atoms. The molecule has 3 rings (SSSR count). The van der Waals surface area contributed by atoms with E-state index in [1.807, 2.05) is 26.8 Å². The van der Waals surface area contributed by atoms with Gasteiger partial charge in [-0.15, -0.1) is 22.9 Å². The number of aromatic nitrogens is 3. The first-order chi connectivity index (χ1) is 9.52. The Morgan fingerprint density at radius 1 is 1.30 bits per heavy atom. The molecule has 0 unspecified atom stereocenters. The number of halogens is 1. The van der Waals surface area contributed by atoms with E-state index in [4.69, 9.17) is 11.6 Å². The summed E-state index contributed by atoms with van der Waals surface area (Å²) in [7, 11) is 0. The van der Waals surface area contributed by atoms with Gasteiger partial charge in [-0.2, -0.15) is 0 Å². The highest BCUT2D eigenvalue weighted by Crippen LogP contribution is 2.32. The molecular formula is C14H14ClN3OS. The van der Waals surface area contributed by atoms with Gasteiger partial charge in [0.2, 0.25) is 0 Å². The predicted octanol–water partition coefficient (Wildman–Crippen LogP) is 3.17. The molecule has 6 heteroatoms. The van der Waals surface area contributed by atoms with E-state index < -0.39 is 0 Å². The average molecular weight is 308 g/mol. The van der Waals surface area contributed by atoms with Crippen LogP contribution in [-0.4, -0.2) is 20.4 Å². The molecule has 0 saturated heterocycles. The minimum atomic E-state index is -0.0202. The molecule has 0 atom stereocenters. The molecule has 0 saturated carbocycles. The Bertz CT molecular complexity index is 882. The second kappa shape index (κ2) is 4.82. The van der Waals surface area contributed by atoms with Gasteiger partial charge in [0.25, 0.3) is 5.56 Å². The summed E-state index contributed by atoms with van der Waals surface area (Å²) in [6.45, 7) is 6.31. The van der Waals surface area contributed by atoms with Crippen molar-refractivity contribution in [2.45, 2.75) is 27.3 Å². The number of hydrogen-bond acceptors (Lipinski definition) is 4. The Morgan fingerprint density at radius 2 is 2.05 bits per heavy atom. The van der Waals surface area contributed by atoms with Gasteiger partial charge in [0.1, 0.15) is 15.4 Å². The summed E-state index contributed by atoms with van der Waals surface area (Å²) in [5, 5.41) is 0.994. The van der Waals surface area contributed by atoms with E-state index in [0.29, 0.717) is 22.9 Å². The lowest BCUT2D eigenvalue weighted by molar-refractivity contribution is 0.691. The third-order valence-electron chi connectivity index (χ3n) is 3.37. The largest absolute Gasteiger partial charge is 0.294 e. The summed E-state index contributed by atoms with van der Waals surface area (Å²) in [4.78, 5) is 22.6. The lowest BCUT2D eigenvalue weighted by atomic mass is 10.1. The second-order valence-corrected chi connectivity index (χ2v) is 6.22. The first-order valence-electron chi connectivity index (χ1n) is 6.36. The molecule has 0 aliphatic carbocycles. The molecule has 0 N–H and O–H groups in total. The number of nitrogens with zero attached hydrogens (tertiary/aromatic N) is 3. The van der Waals surface area contributed by atoms with Gasteiger partial charge in [0.05, 0.1) is 5.52 Å². The van der Waals surface area contributed by atoms with Crippen molar-refractivity contribution >= 4 is 43.4 Å². The third-order valence-corrected chi connectivity index (χ3v) is 4.60. The molecule has 4 nitrogen and oxygen atoms in total. The van der Waals surface area contributed by atoms with Crippen LogP contribution in [0.4, 0.5) is 0 Å². The molecule has 3 aromatic rings. The smallest absolute Gasteiger partial charge is 0.271 e. The van der Waals surface area contributed by atoms with Gasteiger partial charge in [0.15, 0.2) is 0 Å². The number of hydrogen-bond donors (Lipinski definition) is 0. The normalized spacial score (nSPS) is 11.6. The van der Waals surface area contributed by atoms with Gasteiger partial charge < -0.3 is 0 Å². The molecule has 0 aromatic carbocycles. The number of rotatable bonds is 2. The zero-order valence-corrected chi connectivity index (χ0v) is 13.1. The van der Waals surface area contributed by atoms with E-state index in [1.54, 1.807) is 4.57 Å². The first kappa shape index (κ1) is 13.5. The van der Waals surface area contributed by atoms with Crippen molar-refractivity contribution in [1.29, 1.82) is 0 Å². The Hall–Kier alpha value is -1.46. The predicted molar refractivity (Wildman–Crippen MR) is 84.1 cm³/mol. The number of alkyl halides is 1. The highest BCUT2D eigenvalue weighted by Gasteiger charge is 2.16. The molecule has 0 bridgehead atoms. The SMILES string of the molecule is Cc1cc(C)c2c(n1)sc1c(=O)n(CCCl)c(C)nc12.